The third-order valence-corrected chi connectivity index (χ3v) is 9.21. The van der Waals surface area contributed by atoms with Gasteiger partial charge in [0, 0.05) is 10.4 Å². The fraction of sp³-hybridized carbons (Fsp3) is 0.750. The number of thiocarbonyl (C=S) groups is 1. The van der Waals surface area contributed by atoms with Crippen molar-refractivity contribution in [2.45, 2.75) is 89.5 Å². The van der Waals surface area contributed by atoms with Gasteiger partial charge in [-0.3, -0.25) is 0 Å². The summed E-state index contributed by atoms with van der Waals surface area (Å²) in [7, 11) is 0. The maximum Gasteiger partial charge on any atom is 0.341 e. The maximum absolute atomic E-state index is 12.9. The summed E-state index contributed by atoms with van der Waals surface area (Å²) in [5.41, 5.74) is 2.13. The Morgan fingerprint density at radius 3 is 2.33 bits per heavy atom. The van der Waals surface area contributed by atoms with Crippen LogP contribution in [0.25, 0.3) is 0 Å². The number of thiophene rings is 1. The Labute approximate surface area is 189 Å². The molecule has 30 heavy (non-hydrogen) atoms. The minimum Gasteiger partial charge on any atom is -0.462 e. The van der Waals surface area contributed by atoms with Gasteiger partial charge in [-0.25, -0.2) is 4.79 Å². The highest BCUT2D eigenvalue weighted by Crippen LogP contribution is 2.55. The van der Waals surface area contributed by atoms with Gasteiger partial charge in [0.15, 0.2) is 5.11 Å². The SMILES string of the molecule is CCOC(=O)c1c(NC(=S)NC23CC4CC(CC(C4)C2)C3)sc2c1CCCCCC2. The van der Waals surface area contributed by atoms with Crippen LogP contribution in [0.2, 0.25) is 0 Å². The van der Waals surface area contributed by atoms with Crippen molar-refractivity contribution in [3.63, 3.8) is 0 Å². The highest BCUT2D eigenvalue weighted by molar-refractivity contribution is 7.80. The van der Waals surface area contributed by atoms with Gasteiger partial charge in [-0.05, 0) is 107 Å². The highest BCUT2D eigenvalue weighted by Gasteiger charge is 2.51. The van der Waals surface area contributed by atoms with E-state index in [2.05, 4.69) is 10.6 Å². The number of carbonyl (C=O) groups excluding carboxylic acids is 1. The van der Waals surface area contributed by atoms with Gasteiger partial charge in [0.25, 0.3) is 0 Å². The number of hydrogen-bond acceptors (Lipinski definition) is 4. The predicted molar refractivity (Wildman–Crippen MR) is 126 cm³/mol. The molecule has 1 heterocycles. The Hall–Kier alpha value is -1.14. The second-order valence-electron chi connectivity index (χ2n) is 10.1. The fourth-order valence-corrected chi connectivity index (χ4v) is 8.73. The van der Waals surface area contributed by atoms with Crippen LogP contribution in [0.4, 0.5) is 5.00 Å². The topological polar surface area (TPSA) is 50.4 Å². The molecule has 0 spiro atoms. The van der Waals surface area contributed by atoms with Crippen LogP contribution in [0.3, 0.4) is 0 Å². The number of hydrogen-bond donors (Lipinski definition) is 2. The first-order chi connectivity index (χ1) is 14.5. The Kier molecular flexibility index (Phi) is 5.82. The van der Waals surface area contributed by atoms with Crippen molar-refractivity contribution in [3.05, 3.63) is 16.0 Å². The molecule has 1 aromatic rings. The molecule has 0 aromatic carbocycles. The number of ether oxygens (including phenoxy) is 1. The normalized spacial score (nSPS) is 32.1. The summed E-state index contributed by atoms with van der Waals surface area (Å²) >= 11 is 7.53. The first kappa shape index (κ1) is 20.7. The van der Waals surface area contributed by atoms with E-state index in [1.807, 2.05) is 6.92 Å². The van der Waals surface area contributed by atoms with E-state index in [0.29, 0.717) is 11.7 Å². The summed E-state index contributed by atoms with van der Waals surface area (Å²) in [6.45, 7) is 2.28. The molecule has 4 fully saturated rings. The molecule has 0 aliphatic heterocycles. The Morgan fingerprint density at radius 2 is 1.70 bits per heavy atom. The van der Waals surface area contributed by atoms with Crippen molar-refractivity contribution in [2.24, 2.45) is 17.8 Å². The van der Waals surface area contributed by atoms with Crippen molar-refractivity contribution >= 4 is 39.6 Å². The summed E-state index contributed by atoms with van der Waals surface area (Å²) in [5.74, 6) is 2.44. The second kappa shape index (κ2) is 8.42. The van der Waals surface area contributed by atoms with E-state index in [1.54, 1.807) is 11.3 Å². The molecular formula is C24H34N2O2S2. The molecule has 0 saturated heterocycles. The van der Waals surface area contributed by atoms with Gasteiger partial charge in [-0.15, -0.1) is 11.3 Å². The lowest BCUT2D eigenvalue weighted by Crippen LogP contribution is -2.60. The average molecular weight is 447 g/mol. The van der Waals surface area contributed by atoms with E-state index in [9.17, 15) is 4.79 Å². The van der Waals surface area contributed by atoms with Crippen LogP contribution in [0.1, 0.15) is 91.9 Å². The summed E-state index contributed by atoms with van der Waals surface area (Å²) < 4.78 is 5.44. The second-order valence-corrected chi connectivity index (χ2v) is 11.6. The van der Waals surface area contributed by atoms with Crippen LogP contribution in [-0.2, 0) is 17.6 Å². The lowest BCUT2D eigenvalue weighted by molar-refractivity contribution is -0.00972. The standard InChI is InChI=1S/C24H34N2O2S2/c1-2-28-22(27)20-18-7-5-3-4-6-8-19(18)30-21(20)25-23(29)26-24-12-15-9-16(13-24)11-17(10-15)14-24/h15-17H,2-14H2,1H3,(H2,25,26,29). The molecule has 5 aliphatic rings. The molecule has 6 rings (SSSR count). The third-order valence-electron chi connectivity index (χ3n) is 7.79. The largest absolute Gasteiger partial charge is 0.462 e. The minimum atomic E-state index is -0.198. The fourth-order valence-electron chi connectivity index (χ4n) is 7.07. The summed E-state index contributed by atoms with van der Waals surface area (Å²) in [4.78, 5) is 14.2. The van der Waals surface area contributed by atoms with Crippen molar-refractivity contribution in [2.75, 3.05) is 11.9 Å². The summed E-state index contributed by atoms with van der Waals surface area (Å²) in [6.07, 6.45) is 14.9. The van der Waals surface area contributed by atoms with Crippen LogP contribution < -0.4 is 10.6 Å². The van der Waals surface area contributed by atoms with Crippen LogP contribution >= 0.6 is 23.6 Å². The van der Waals surface area contributed by atoms with Crippen LogP contribution in [0, 0.1) is 17.8 Å². The number of aryl methyl sites for hydroxylation is 1. The number of nitrogens with one attached hydrogen (secondary N) is 2. The third kappa shape index (κ3) is 4.02. The summed E-state index contributed by atoms with van der Waals surface area (Å²) in [6, 6.07) is 0. The molecule has 5 aliphatic carbocycles. The van der Waals surface area contributed by atoms with E-state index in [1.165, 1.54) is 68.2 Å². The lowest BCUT2D eigenvalue weighted by atomic mass is 9.53. The van der Waals surface area contributed by atoms with Crippen molar-refractivity contribution in [3.8, 4) is 0 Å². The Bertz CT molecular complexity index is 796. The number of fused-ring (bicyclic) bond motifs is 1. The first-order valence-corrected chi connectivity index (χ1v) is 13.2. The lowest BCUT2D eigenvalue weighted by Gasteiger charge is -2.57. The number of esters is 1. The zero-order valence-corrected chi connectivity index (χ0v) is 19.7. The van der Waals surface area contributed by atoms with Crippen molar-refractivity contribution in [1.29, 1.82) is 0 Å². The van der Waals surface area contributed by atoms with Gasteiger partial charge in [0.2, 0.25) is 0 Å². The molecule has 0 atom stereocenters. The molecule has 4 saturated carbocycles. The van der Waals surface area contributed by atoms with Gasteiger partial charge in [-0.2, -0.15) is 0 Å². The molecular weight excluding hydrogens is 412 g/mol. The molecule has 4 bridgehead atoms. The van der Waals surface area contributed by atoms with E-state index >= 15 is 0 Å². The predicted octanol–water partition coefficient (Wildman–Crippen LogP) is 5.84. The van der Waals surface area contributed by atoms with E-state index in [0.717, 1.165) is 47.6 Å². The van der Waals surface area contributed by atoms with Gasteiger partial charge in [0.05, 0.1) is 12.2 Å². The zero-order valence-electron chi connectivity index (χ0n) is 18.1. The van der Waals surface area contributed by atoms with E-state index in [4.69, 9.17) is 17.0 Å². The Balaban J connectivity index is 1.36. The zero-order chi connectivity index (χ0) is 20.7. The molecule has 164 valence electrons. The van der Waals surface area contributed by atoms with Crippen LogP contribution in [-0.4, -0.2) is 23.2 Å². The number of anilines is 1. The Morgan fingerprint density at radius 1 is 1.07 bits per heavy atom. The molecule has 4 nitrogen and oxygen atoms in total. The smallest absolute Gasteiger partial charge is 0.341 e. The first-order valence-electron chi connectivity index (χ1n) is 12.0. The monoisotopic (exact) mass is 446 g/mol. The average Bonchev–Trinajstić information content (AvgIpc) is 2.96. The molecule has 1 aromatic heterocycles. The van der Waals surface area contributed by atoms with Gasteiger partial charge >= 0.3 is 5.97 Å². The van der Waals surface area contributed by atoms with Crippen molar-refractivity contribution < 1.29 is 9.53 Å². The minimum absolute atomic E-state index is 0.175. The number of carbonyl (C=O) groups is 1. The van der Waals surface area contributed by atoms with Crippen LogP contribution in [0.15, 0.2) is 0 Å². The molecule has 0 amide bonds. The summed E-state index contributed by atoms with van der Waals surface area (Å²) in [5, 5.41) is 8.79. The van der Waals surface area contributed by atoms with Gasteiger partial charge in [-0.1, -0.05) is 12.8 Å². The van der Waals surface area contributed by atoms with Gasteiger partial charge in [0.1, 0.15) is 5.00 Å². The number of rotatable bonds is 4. The molecule has 6 heteroatoms. The van der Waals surface area contributed by atoms with Gasteiger partial charge < -0.3 is 15.4 Å². The van der Waals surface area contributed by atoms with E-state index in [-0.39, 0.29) is 11.5 Å². The van der Waals surface area contributed by atoms with E-state index < -0.39 is 0 Å². The molecule has 0 unspecified atom stereocenters. The van der Waals surface area contributed by atoms with Crippen LogP contribution in [0.5, 0.6) is 0 Å². The molecule has 2 N–H and O–H groups in total. The maximum atomic E-state index is 12.9. The molecule has 0 radical (unpaired) electrons. The quantitative estimate of drug-likeness (QED) is 0.449. The highest BCUT2D eigenvalue weighted by atomic mass is 32.1. The van der Waals surface area contributed by atoms with Crippen molar-refractivity contribution in [1.82, 2.24) is 5.32 Å².